The van der Waals surface area contributed by atoms with Gasteiger partial charge in [-0.25, -0.2) is 9.37 Å². The molecule has 6 nitrogen and oxygen atoms in total. The number of carbonyl (C=O) groups excluding carboxylic acids is 1. The Labute approximate surface area is 166 Å². The molecule has 1 aliphatic heterocycles. The molecule has 1 amide bonds. The van der Waals surface area contributed by atoms with E-state index in [4.69, 9.17) is 0 Å². The lowest BCUT2D eigenvalue weighted by atomic mass is 10.1. The van der Waals surface area contributed by atoms with Crippen molar-refractivity contribution in [2.24, 2.45) is 0 Å². The number of benzene rings is 2. The van der Waals surface area contributed by atoms with Crippen LogP contribution in [-0.2, 0) is 5.75 Å². The van der Waals surface area contributed by atoms with Crippen LogP contribution in [0.2, 0.25) is 0 Å². The lowest BCUT2D eigenvalue weighted by molar-refractivity contribution is 0.0746. The number of anilines is 1. The van der Waals surface area contributed by atoms with Crippen molar-refractivity contribution >= 4 is 23.4 Å². The molecule has 3 aromatic rings. The highest BCUT2D eigenvalue weighted by molar-refractivity contribution is 7.98. The van der Waals surface area contributed by atoms with Gasteiger partial charge in [-0.05, 0) is 35.9 Å². The van der Waals surface area contributed by atoms with E-state index >= 15 is 0 Å². The lowest BCUT2D eigenvalue weighted by Crippen LogP contribution is -2.49. The molecular formula is C20H20FN5OS. The minimum absolute atomic E-state index is 0.0486. The Kier molecular flexibility index (Phi) is 5.57. The van der Waals surface area contributed by atoms with Gasteiger partial charge < -0.3 is 9.80 Å². The molecule has 0 radical (unpaired) electrons. The first-order chi connectivity index (χ1) is 13.7. The van der Waals surface area contributed by atoms with Crippen molar-refractivity contribution in [3.8, 4) is 0 Å². The molecule has 0 aliphatic carbocycles. The molecule has 1 saturated heterocycles. The number of nitrogens with zero attached hydrogens (tertiary/aromatic N) is 4. The number of amides is 1. The molecule has 144 valence electrons. The van der Waals surface area contributed by atoms with Crippen LogP contribution in [0.1, 0.15) is 15.9 Å². The highest BCUT2D eigenvalue weighted by atomic mass is 32.2. The highest BCUT2D eigenvalue weighted by Gasteiger charge is 2.24. The predicted molar refractivity (Wildman–Crippen MR) is 107 cm³/mol. The van der Waals surface area contributed by atoms with Crippen molar-refractivity contribution in [3.05, 3.63) is 71.8 Å². The Bertz CT molecular complexity index is 924. The van der Waals surface area contributed by atoms with Crippen LogP contribution in [0.4, 0.5) is 10.1 Å². The molecule has 2 aromatic carbocycles. The smallest absolute Gasteiger partial charge is 0.254 e. The largest absolute Gasteiger partial charge is 0.368 e. The number of hydrogen-bond acceptors (Lipinski definition) is 5. The molecule has 0 spiro atoms. The van der Waals surface area contributed by atoms with E-state index in [9.17, 15) is 9.18 Å². The minimum atomic E-state index is -0.239. The normalized spacial score (nSPS) is 14.3. The maximum Gasteiger partial charge on any atom is 0.254 e. The number of piperazine rings is 1. The maximum absolute atomic E-state index is 13.1. The van der Waals surface area contributed by atoms with Gasteiger partial charge in [0.2, 0.25) is 0 Å². The van der Waals surface area contributed by atoms with Crippen molar-refractivity contribution in [2.75, 3.05) is 31.1 Å². The fourth-order valence-corrected chi connectivity index (χ4v) is 4.04. The number of aromatic amines is 1. The summed E-state index contributed by atoms with van der Waals surface area (Å²) in [4.78, 5) is 21.3. The van der Waals surface area contributed by atoms with Gasteiger partial charge in [-0.3, -0.25) is 9.89 Å². The number of carbonyl (C=O) groups is 1. The number of rotatable bonds is 5. The number of H-pyrrole nitrogens is 1. The molecule has 2 heterocycles. The van der Waals surface area contributed by atoms with E-state index in [-0.39, 0.29) is 11.7 Å². The third-order valence-corrected chi connectivity index (χ3v) is 5.69. The van der Waals surface area contributed by atoms with Gasteiger partial charge in [-0.15, -0.1) is 0 Å². The first-order valence-corrected chi connectivity index (χ1v) is 10.0. The van der Waals surface area contributed by atoms with E-state index < -0.39 is 0 Å². The van der Waals surface area contributed by atoms with E-state index in [1.807, 2.05) is 29.2 Å². The zero-order chi connectivity index (χ0) is 19.3. The van der Waals surface area contributed by atoms with Gasteiger partial charge in [-0.2, -0.15) is 5.10 Å². The van der Waals surface area contributed by atoms with Crippen LogP contribution < -0.4 is 4.90 Å². The van der Waals surface area contributed by atoms with Crippen LogP contribution in [0.5, 0.6) is 0 Å². The van der Waals surface area contributed by atoms with E-state index in [1.165, 1.54) is 30.2 Å². The van der Waals surface area contributed by atoms with Crippen LogP contribution in [-0.4, -0.2) is 52.2 Å². The number of nitrogens with one attached hydrogen (secondary N) is 1. The van der Waals surface area contributed by atoms with Gasteiger partial charge in [-0.1, -0.05) is 30.0 Å². The summed E-state index contributed by atoms with van der Waals surface area (Å²) in [5, 5.41) is 7.40. The monoisotopic (exact) mass is 397 g/mol. The number of hydrogen-bond donors (Lipinski definition) is 1. The fourth-order valence-electron chi connectivity index (χ4n) is 3.25. The van der Waals surface area contributed by atoms with Gasteiger partial charge in [0.15, 0.2) is 5.16 Å². The average molecular weight is 397 g/mol. The molecule has 1 fully saturated rings. The van der Waals surface area contributed by atoms with Crippen LogP contribution in [0.3, 0.4) is 0 Å². The second-order valence-electron chi connectivity index (χ2n) is 6.49. The number of thioether (sulfide) groups is 1. The lowest BCUT2D eigenvalue weighted by Gasteiger charge is -2.36. The van der Waals surface area contributed by atoms with Gasteiger partial charge in [0.05, 0.1) is 0 Å². The summed E-state index contributed by atoms with van der Waals surface area (Å²) in [6.07, 6.45) is 1.47. The Hall–Kier alpha value is -2.87. The summed E-state index contributed by atoms with van der Waals surface area (Å²) in [5.74, 6) is 0.456. The first-order valence-electron chi connectivity index (χ1n) is 9.06. The van der Waals surface area contributed by atoms with Gasteiger partial charge >= 0.3 is 0 Å². The van der Waals surface area contributed by atoms with Gasteiger partial charge in [0, 0.05) is 43.2 Å². The van der Waals surface area contributed by atoms with Crippen molar-refractivity contribution in [2.45, 2.75) is 10.9 Å². The second kappa shape index (κ2) is 8.43. The first kappa shape index (κ1) is 18.5. The second-order valence-corrected chi connectivity index (χ2v) is 7.46. The molecule has 1 aromatic heterocycles. The third kappa shape index (κ3) is 4.17. The predicted octanol–water partition coefficient (Wildman–Crippen LogP) is 3.20. The van der Waals surface area contributed by atoms with Gasteiger partial charge in [0.25, 0.3) is 5.91 Å². The fraction of sp³-hybridized carbons (Fsp3) is 0.250. The zero-order valence-corrected chi connectivity index (χ0v) is 16.0. The van der Waals surface area contributed by atoms with E-state index in [1.54, 1.807) is 12.1 Å². The summed E-state index contributed by atoms with van der Waals surface area (Å²) < 4.78 is 13.1. The van der Waals surface area contributed by atoms with Crippen molar-refractivity contribution in [1.29, 1.82) is 0 Å². The van der Waals surface area contributed by atoms with Crippen LogP contribution >= 0.6 is 11.8 Å². The molecule has 0 unspecified atom stereocenters. The molecule has 4 rings (SSSR count). The molecule has 8 heteroatoms. The summed E-state index contributed by atoms with van der Waals surface area (Å²) in [6.45, 7) is 2.73. The van der Waals surface area contributed by atoms with Crippen LogP contribution in [0.25, 0.3) is 0 Å². The Morgan fingerprint density at radius 3 is 2.54 bits per heavy atom. The summed E-state index contributed by atoms with van der Waals surface area (Å²) >= 11 is 1.52. The number of halogens is 1. The Morgan fingerprint density at radius 2 is 1.82 bits per heavy atom. The van der Waals surface area contributed by atoms with Crippen molar-refractivity contribution < 1.29 is 9.18 Å². The summed E-state index contributed by atoms with van der Waals surface area (Å²) in [7, 11) is 0. The van der Waals surface area contributed by atoms with Crippen LogP contribution in [0, 0.1) is 5.82 Å². The van der Waals surface area contributed by atoms with Gasteiger partial charge in [0.1, 0.15) is 12.1 Å². The Morgan fingerprint density at radius 1 is 1.07 bits per heavy atom. The number of aromatic nitrogens is 3. The molecule has 1 N–H and O–H groups in total. The van der Waals surface area contributed by atoms with E-state index in [2.05, 4.69) is 20.1 Å². The molecule has 28 heavy (non-hydrogen) atoms. The summed E-state index contributed by atoms with van der Waals surface area (Å²) in [6, 6.07) is 14.2. The van der Waals surface area contributed by atoms with Crippen molar-refractivity contribution in [1.82, 2.24) is 20.1 Å². The molecule has 0 saturated carbocycles. The zero-order valence-electron chi connectivity index (χ0n) is 15.2. The molecule has 0 atom stereocenters. The SMILES string of the molecule is O=C(c1ccccc1CSc1ncn[nH]1)N1CCN(c2ccc(F)cc2)CC1. The summed E-state index contributed by atoms with van der Waals surface area (Å²) in [5.41, 5.74) is 2.69. The molecular weight excluding hydrogens is 377 g/mol. The molecule has 1 aliphatic rings. The van der Waals surface area contributed by atoms with Crippen molar-refractivity contribution in [3.63, 3.8) is 0 Å². The van der Waals surface area contributed by atoms with E-state index in [0.29, 0.717) is 18.8 Å². The van der Waals surface area contributed by atoms with Crippen LogP contribution in [0.15, 0.2) is 60.0 Å². The standard InChI is InChI=1S/C20H20FN5OS/c21-16-5-7-17(8-6-16)25-9-11-26(12-10-25)19(27)18-4-2-1-3-15(18)13-28-20-22-14-23-24-20/h1-8,14H,9-13H2,(H,22,23,24). The van der Waals surface area contributed by atoms with E-state index in [0.717, 1.165) is 35.1 Å². The topological polar surface area (TPSA) is 65.1 Å². The third-order valence-electron chi connectivity index (χ3n) is 4.76. The minimum Gasteiger partial charge on any atom is -0.368 e. The highest BCUT2D eigenvalue weighted by Crippen LogP contribution is 2.23. The maximum atomic E-state index is 13.1. The average Bonchev–Trinajstić information content (AvgIpc) is 3.26. The Balaban J connectivity index is 1.40. The molecule has 0 bridgehead atoms. The quantitative estimate of drug-likeness (QED) is 0.670.